The molecule has 2 aromatic carbocycles. The van der Waals surface area contributed by atoms with Crippen molar-refractivity contribution in [1.82, 2.24) is 20.6 Å². The van der Waals surface area contributed by atoms with Crippen molar-refractivity contribution in [2.24, 2.45) is 5.92 Å². The first kappa shape index (κ1) is 14.8. The van der Waals surface area contributed by atoms with Crippen LogP contribution in [0, 0.1) is 5.92 Å². The topological polar surface area (TPSA) is 83.6 Å². The second kappa shape index (κ2) is 6.05. The zero-order valence-corrected chi connectivity index (χ0v) is 13.4. The van der Waals surface area contributed by atoms with Crippen LogP contribution in [0.15, 0.2) is 48.5 Å². The van der Waals surface area contributed by atoms with Gasteiger partial charge in [-0.25, -0.2) is 0 Å². The van der Waals surface area contributed by atoms with Crippen LogP contribution >= 0.6 is 11.6 Å². The van der Waals surface area contributed by atoms with E-state index in [9.17, 15) is 4.79 Å². The van der Waals surface area contributed by atoms with Crippen LogP contribution in [-0.4, -0.2) is 26.5 Å². The van der Waals surface area contributed by atoms with Crippen LogP contribution in [0.2, 0.25) is 5.02 Å². The molecule has 3 aromatic rings. The molecule has 1 heterocycles. The molecule has 1 amide bonds. The van der Waals surface area contributed by atoms with Crippen molar-refractivity contribution in [2.75, 3.05) is 5.32 Å². The predicted octanol–water partition coefficient (Wildman–Crippen LogP) is 3.26. The van der Waals surface area contributed by atoms with Gasteiger partial charge in [0.05, 0.1) is 5.69 Å². The van der Waals surface area contributed by atoms with Gasteiger partial charge in [0.15, 0.2) is 0 Å². The average molecular weight is 340 g/mol. The number of H-pyrrole nitrogens is 1. The quantitative estimate of drug-likeness (QED) is 0.764. The molecular formula is C17H14ClN5O. The summed E-state index contributed by atoms with van der Waals surface area (Å²) in [4.78, 5) is 12.6. The number of nitrogens with zero attached hydrogens (tertiary/aromatic N) is 3. The van der Waals surface area contributed by atoms with Gasteiger partial charge in [0.2, 0.25) is 11.7 Å². The molecule has 4 rings (SSSR count). The van der Waals surface area contributed by atoms with E-state index in [-0.39, 0.29) is 17.7 Å². The normalized spacial score (nSPS) is 19.0. The molecular weight excluding hydrogens is 326 g/mol. The molecule has 1 fully saturated rings. The van der Waals surface area contributed by atoms with Gasteiger partial charge in [0, 0.05) is 16.5 Å². The Hall–Kier alpha value is -2.73. The minimum absolute atomic E-state index is 0.0177. The van der Waals surface area contributed by atoms with Gasteiger partial charge in [-0.05, 0) is 41.3 Å². The lowest BCUT2D eigenvalue weighted by Gasteiger charge is -2.09. The molecule has 24 heavy (non-hydrogen) atoms. The number of amides is 1. The minimum Gasteiger partial charge on any atom is -0.325 e. The van der Waals surface area contributed by atoms with Crippen LogP contribution in [0.1, 0.15) is 17.9 Å². The van der Waals surface area contributed by atoms with E-state index in [0.29, 0.717) is 22.1 Å². The summed E-state index contributed by atoms with van der Waals surface area (Å²) in [7, 11) is 0. The van der Waals surface area contributed by atoms with E-state index in [1.165, 1.54) is 5.56 Å². The Bertz CT molecular complexity index is 866. The van der Waals surface area contributed by atoms with Crippen LogP contribution in [0.3, 0.4) is 0 Å². The Morgan fingerprint density at radius 3 is 2.79 bits per heavy atom. The number of aromatic nitrogens is 4. The van der Waals surface area contributed by atoms with Gasteiger partial charge in [-0.1, -0.05) is 41.9 Å². The number of aromatic amines is 1. The maximum absolute atomic E-state index is 12.6. The van der Waals surface area contributed by atoms with Crippen molar-refractivity contribution < 1.29 is 4.79 Å². The van der Waals surface area contributed by atoms with E-state index < -0.39 is 0 Å². The fraction of sp³-hybridized carbons (Fsp3) is 0.176. The Balaban J connectivity index is 1.54. The summed E-state index contributed by atoms with van der Waals surface area (Å²) < 4.78 is 0. The maximum atomic E-state index is 12.6. The molecule has 2 unspecified atom stereocenters. The summed E-state index contributed by atoms with van der Waals surface area (Å²) >= 11 is 6.07. The lowest BCUT2D eigenvalue weighted by molar-refractivity contribution is -0.117. The van der Waals surface area contributed by atoms with Gasteiger partial charge < -0.3 is 5.32 Å². The molecule has 1 saturated carbocycles. The van der Waals surface area contributed by atoms with Crippen LogP contribution in [0.4, 0.5) is 5.69 Å². The molecule has 1 aliphatic carbocycles. The third-order valence-corrected chi connectivity index (χ3v) is 4.42. The Kier molecular flexibility index (Phi) is 3.74. The number of carbonyl (C=O) groups is 1. The van der Waals surface area contributed by atoms with Gasteiger partial charge >= 0.3 is 0 Å². The van der Waals surface area contributed by atoms with E-state index in [0.717, 1.165) is 6.42 Å². The van der Waals surface area contributed by atoms with E-state index in [2.05, 4.69) is 38.1 Å². The molecule has 2 atom stereocenters. The second-order valence-electron chi connectivity index (χ2n) is 5.77. The number of nitrogens with one attached hydrogen (secondary N) is 2. The maximum Gasteiger partial charge on any atom is 0.228 e. The molecule has 120 valence electrons. The fourth-order valence-electron chi connectivity index (χ4n) is 2.87. The zero-order chi connectivity index (χ0) is 16.5. The van der Waals surface area contributed by atoms with E-state index >= 15 is 0 Å². The summed E-state index contributed by atoms with van der Waals surface area (Å²) in [6.45, 7) is 0. The van der Waals surface area contributed by atoms with Gasteiger partial charge in [-0.15, -0.1) is 10.2 Å². The second-order valence-corrected chi connectivity index (χ2v) is 6.21. The summed E-state index contributed by atoms with van der Waals surface area (Å²) in [6, 6.07) is 15.3. The molecule has 0 saturated heterocycles. The Morgan fingerprint density at radius 2 is 2.04 bits per heavy atom. The summed E-state index contributed by atoms with van der Waals surface area (Å²) in [5.41, 5.74) is 2.47. The third kappa shape index (κ3) is 2.88. The lowest BCUT2D eigenvalue weighted by Crippen LogP contribution is -2.15. The fourth-order valence-corrected chi connectivity index (χ4v) is 3.04. The van der Waals surface area contributed by atoms with E-state index in [4.69, 9.17) is 11.6 Å². The van der Waals surface area contributed by atoms with E-state index in [1.54, 1.807) is 18.2 Å². The highest BCUT2D eigenvalue weighted by atomic mass is 35.5. The van der Waals surface area contributed by atoms with E-state index in [1.807, 2.05) is 18.2 Å². The zero-order valence-electron chi connectivity index (χ0n) is 12.6. The first-order chi connectivity index (χ1) is 11.7. The standard InChI is InChI=1S/C17H14ClN5O/c18-11-6-7-12(16-20-22-23-21-16)15(8-11)19-17(24)14-9-13(14)10-4-2-1-3-5-10/h1-8,13-14H,9H2,(H,19,24)(H,20,21,22,23). The highest BCUT2D eigenvalue weighted by Crippen LogP contribution is 2.48. The number of benzene rings is 2. The number of hydrogen-bond acceptors (Lipinski definition) is 4. The highest BCUT2D eigenvalue weighted by molar-refractivity contribution is 6.31. The molecule has 1 aliphatic rings. The average Bonchev–Trinajstić information content (AvgIpc) is 3.23. The summed E-state index contributed by atoms with van der Waals surface area (Å²) in [5, 5.41) is 17.4. The van der Waals surface area contributed by atoms with Crippen molar-refractivity contribution in [3.8, 4) is 11.4 Å². The van der Waals surface area contributed by atoms with Crippen LogP contribution < -0.4 is 5.32 Å². The number of hydrogen-bond donors (Lipinski definition) is 2. The van der Waals surface area contributed by atoms with Gasteiger partial charge in [0.1, 0.15) is 0 Å². The number of anilines is 1. The van der Waals surface area contributed by atoms with Gasteiger partial charge in [0.25, 0.3) is 0 Å². The number of rotatable bonds is 4. The largest absolute Gasteiger partial charge is 0.325 e. The number of carbonyl (C=O) groups excluding carboxylic acids is 1. The minimum atomic E-state index is -0.0236. The monoisotopic (exact) mass is 339 g/mol. The third-order valence-electron chi connectivity index (χ3n) is 4.18. The summed E-state index contributed by atoms with van der Waals surface area (Å²) in [5.74, 6) is 0.650. The first-order valence-corrected chi connectivity index (χ1v) is 7.99. The Morgan fingerprint density at radius 1 is 1.21 bits per heavy atom. The van der Waals surface area contributed by atoms with Gasteiger partial charge in [-0.2, -0.15) is 5.21 Å². The van der Waals surface area contributed by atoms with Gasteiger partial charge in [-0.3, -0.25) is 4.79 Å². The van der Waals surface area contributed by atoms with Crippen molar-refractivity contribution in [2.45, 2.75) is 12.3 Å². The molecule has 0 spiro atoms. The predicted molar refractivity (Wildman–Crippen MR) is 90.5 cm³/mol. The Labute approximate surface area is 143 Å². The molecule has 1 aromatic heterocycles. The van der Waals surface area contributed by atoms with Crippen LogP contribution in [0.5, 0.6) is 0 Å². The van der Waals surface area contributed by atoms with Crippen LogP contribution in [-0.2, 0) is 4.79 Å². The molecule has 0 aliphatic heterocycles. The van der Waals surface area contributed by atoms with Crippen molar-refractivity contribution in [3.63, 3.8) is 0 Å². The molecule has 0 radical (unpaired) electrons. The first-order valence-electron chi connectivity index (χ1n) is 7.61. The molecule has 0 bridgehead atoms. The number of tetrazole rings is 1. The van der Waals surface area contributed by atoms with Crippen molar-refractivity contribution in [3.05, 3.63) is 59.1 Å². The van der Waals surface area contributed by atoms with Crippen molar-refractivity contribution >= 4 is 23.2 Å². The summed E-state index contributed by atoms with van der Waals surface area (Å²) in [6.07, 6.45) is 0.855. The number of halogens is 1. The lowest BCUT2D eigenvalue weighted by atomic mass is 10.1. The molecule has 7 heteroatoms. The molecule has 2 N–H and O–H groups in total. The SMILES string of the molecule is O=C(Nc1cc(Cl)ccc1-c1nn[nH]n1)C1CC1c1ccccc1. The smallest absolute Gasteiger partial charge is 0.228 e. The van der Waals surface area contributed by atoms with Crippen molar-refractivity contribution in [1.29, 1.82) is 0 Å². The van der Waals surface area contributed by atoms with Crippen LogP contribution in [0.25, 0.3) is 11.4 Å². The highest BCUT2D eigenvalue weighted by Gasteiger charge is 2.44. The molecule has 6 nitrogen and oxygen atoms in total.